The summed E-state index contributed by atoms with van der Waals surface area (Å²) in [5.41, 5.74) is 23.3. The van der Waals surface area contributed by atoms with E-state index in [4.69, 9.17) is 22.9 Å². The van der Waals surface area contributed by atoms with Gasteiger partial charge in [-0.25, -0.2) is 0 Å². The van der Waals surface area contributed by atoms with Crippen molar-refractivity contribution >= 4 is 0 Å². The van der Waals surface area contributed by atoms with Crippen LogP contribution in [0.5, 0.6) is 0 Å². The molecule has 0 fully saturated rings. The molecule has 0 radical (unpaired) electrons. The molecule has 0 unspecified atom stereocenters. The molecule has 0 saturated heterocycles. The van der Waals surface area contributed by atoms with E-state index in [9.17, 15) is 0 Å². The fraction of sp³-hybridized carbons (Fsp3) is 1.00. The van der Waals surface area contributed by atoms with E-state index in [1.54, 1.807) is 0 Å². The van der Waals surface area contributed by atoms with Crippen molar-refractivity contribution in [1.29, 1.82) is 0 Å². The molecule has 4 nitrogen and oxygen atoms in total. The molecule has 8 N–H and O–H groups in total. The fourth-order valence-electron chi connectivity index (χ4n) is 4.03. The Labute approximate surface area is 157 Å². The van der Waals surface area contributed by atoms with E-state index in [1.807, 2.05) is 0 Å². The van der Waals surface area contributed by atoms with Crippen LogP contribution in [0, 0.1) is 5.41 Å². The lowest BCUT2D eigenvalue weighted by atomic mass is 9.70. The normalized spacial score (nSPS) is 12.0. The lowest BCUT2D eigenvalue weighted by molar-refractivity contribution is 0.172. The SMILES string of the molecule is NCCCCCC(CCCCCN)(CCCCCN)CCCCCN. The molecule has 0 bridgehead atoms. The van der Waals surface area contributed by atoms with Crippen molar-refractivity contribution < 1.29 is 0 Å². The van der Waals surface area contributed by atoms with E-state index in [1.165, 1.54) is 103 Å². The average molecular weight is 357 g/mol. The van der Waals surface area contributed by atoms with Gasteiger partial charge >= 0.3 is 0 Å². The summed E-state index contributed by atoms with van der Waals surface area (Å²) in [6.07, 6.45) is 20.7. The zero-order valence-electron chi connectivity index (χ0n) is 17.0. The first-order valence-corrected chi connectivity index (χ1v) is 11.0. The first-order chi connectivity index (χ1) is 12.2. The Bertz CT molecular complexity index is 205. The smallest absolute Gasteiger partial charge is 0.00773 e. The molecule has 25 heavy (non-hydrogen) atoms. The van der Waals surface area contributed by atoms with Gasteiger partial charge in [0.15, 0.2) is 0 Å². The van der Waals surface area contributed by atoms with Crippen LogP contribution in [0.15, 0.2) is 0 Å². The predicted octanol–water partition coefficient (Wildman–Crippen LogP) is 4.05. The minimum atomic E-state index is 0.534. The largest absolute Gasteiger partial charge is 0.330 e. The second-order valence-electron chi connectivity index (χ2n) is 7.90. The Morgan fingerprint density at radius 2 is 0.560 bits per heavy atom. The van der Waals surface area contributed by atoms with Crippen LogP contribution < -0.4 is 22.9 Å². The van der Waals surface area contributed by atoms with Gasteiger partial charge in [-0.05, 0) is 83.0 Å². The highest BCUT2D eigenvalue weighted by Gasteiger charge is 2.28. The molecule has 0 aliphatic rings. The highest BCUT2D eigenvalue weighted by Crippen LogP contribution is 2.41. The first kappa shape index (κ1) is 24.8. The predicted molar refractivity (Wildman–Crippen MR) is 113 cm³/mol. The maximum atomic E-state index is 5.68. The number of unbranched alkanes of at least 4 members (excludes halogenated alkanes) is 8. The minimum absolute atomic E-state index is 0.534. The third kappa shape index (κ3) is 14.7. The molecule has 0 aliphatic carbocycles. The molecule has 0 amide bonds. The molecule has 0 atom stereocenters. The second-order valence-corrected chi connectivity index (χ2v) is 7.90. The highest BCUT2D eigenvalue weighted by molar-refractivity contribution is 4.80. The van der Waals surface area contributed by atoms with Gasteiger partial charge in [0, 0.05) is 0 Å². The molecule has 4 heteroatoms. The molecular formula is C21H48N4. The van der Waals surface area contributed by atoms with Crippen LogP contribution in [-0.4, -0.2) is 26.2 Å². The van der Waals surface area contributed by atoms with Crippen molar-refractivity contribution in [1.82, 2.24) is 0 Å². The molecule has 0 spiro atoms. The van der Waals surface area contributed by atoms with Crippen LogP contribution in [0.25, 0.3) is 0 Å². The summed E-state index contributed by atoms with van der Waals surface area (Å²) in [4.78, 5) is 0. The van der Waals surface area contributed by atoms with Crippen LogP contribution in [0.3, 0.4) is 0 Å². The van der Waals surface area contributed by atoms with Gasteiger partial charge < -0.3 is 22.9 Å². The maximum absolute atomic E-state index is 5.68. The summed E-state index contributed by atoms with van der Waals surface area (Å²) in [7, 11) is 0. The van der Waals surface area contributed by atoms with Crippen LogP contribution in [0.4, 0.5) is 0 Å². The van der Waals surface area contributed by atoms with Crippen molar-refractivity contribution in [2.45, 2.75) is 103 Å². The Balaban J connectivity index is 4.62. The van der Waals surface area contributed by atoms with Crippen LogP contribution >= 0.6 is 0 Å². The van der Waals surface area contributed by atoms with Crippen molar-refractivity contribution in [2.75, 3.05) is 26.2 Å². The fourth-order valence-corrected chi connectivity index (χ4v) is 4.03. The minimum Gasteiger partial charge on any atom is -0.330 e. The third-order valence-corrected chi connectivity index (χ3v) is 5.64. The van der Waals surface area contributed by atoms with E-state index in [-0.39, 0.29) is 0 Å². The van der Waals surface area contributed by atoms with Crippen molar-refractivity contribution in [3.63, 3.8) is 0 Å². The Kier molecular flexibility index (Phi) is 18.5. The monoisotopic (exact) mass is 356 g/mol. The van der Waals surface area contributed by atoms with E-state index < -0.39 is 0 Å². The Morgan fingerprint density at radius 3 is 0.760 bits per heavy atom. The van der Waals surface area contributed by atoms with Gasteiger partial charge in [-0.15, -0.1) is 0 Å². The van der Waals surface area contributed by atoms with Gasteiger partial charge in [0.25, 0.3) is 0 Å². The summed E-state index contributed by atoms with van der Waals surface area (Å²) in [5, 5.41) is 0. The van der Waals surface area contributed by atoms with Gasteiger partial charge in [0.1, 0.15) is 0 Å². The Morgan fingerprint density at radius 1 is 0.320 bits per heavy atom. The molecule has 0 heterocycles. The van der Waals surface area contributed by atoms with Crippen molar-refractivity contribution in [2.24, 2.45) is 28.3 Å². The molecule has 0 rings (SSSR count). The van der Waals surface area contributed by atoms with Gasteiger partial charge in [0.2, 0.25) is 0 Å². The van der Waals surface area contributed by atoms with Crippen LogP contribution in [0.2, 0.25) is 0 Å². The summed E-state index contributed by atoms with van der Waals surface area (Å²) in [6.45, 7) is 3.32. The number of hydrogen-bond donors (Lipinski definition) is 4. The second kappa shape index (κ2) is 18.6. The van der Waals surface area contributed by atoms with Crippen LogP contribution in [-0.2, 0) is 0 Å². The lowest BCUT2D eigenvalue weighted by Crippen LogP contribution is -2.22. The average Bonchev–Trinajstić information content (AvgIpc) is 2.63. The highest BCUT2D eigenvalue weighted by atomic mass is 14.5. The molecule has 0 saturated carbocycles. The quantitative estimate of drug-likeness (QED) is 0.247. The topological polar surface area (TPSA) is 104 Å². The Hall–Kier alpha value is -0.160. The van der Waals surface area contributed by atoms with Crippen molar-refractivity contribution in [3.05, 3.63) is 0 Å². The molecule has 0 aromatic heterocycles. The molecule has 0 aromatic carbocycles. The summed E-state index contributed by atoms with van der Waals surface area (Å²) < 4.78 is 0. The molecule has 0 aromatic rings. The number of rotatable bonds is 20. The molecular weight excluding hydrogens is 308 g/mol. The van der Waals surface area contributed by atoms with E-state index in [0.29, 0.717) is 5.41 Å². The first-order valence-electron chi connectivity index (χ1n) is 11.0. The van der Waals surface area contributed by atoms with E-state index in [2.05, 4.69) is 0 Å². The van der Waals surface area contributed by atoms with Crippen molar-refractivity contribution in [3.8, 4) is 0 Å². The van der Waals surface area contributed by atoms with Gasteiger partial charge in [-0.1, -0.05) is 51.4 Å². The summed E-state index contributed by atoms with van der Waals surface area (Å²) in [5.74, 6) is 0. The zero-order valence-corrected chi connectivity index (χ0v) is 17.0. The summed E-state index contributed by atoms with van der Waals surface area (Å²) in [6, 6.07) is 0. The van der Waals surface area contributed by atoms with Gasteiger partial charge in [-0.2, -0.15) is 0 Å². The molecule has 152 valence electrons. The molecule has 0 aliphatic heterocycles. The number of hydrogen-bond acceptors (Lipinski definition) is 4. The maximum Gasteiger partial charge on any atom is -0.00773 e. The van der Waals surface area contributed by atoms with Gasteiger partial charge in [-0.3, -0.25) is 0 Å². The van der Waals surface area contributed by atoms with Gasteiger partial charge in [0.05, 0.1) is 0 Å². The van der Waals surface area contributed by atoms with Crippen LogP contribution in [0.1, 0.15) is 103 Å². The number of nitrogens with two attached hydrogens (primary N) is 4. The standard InChI is InChI=1S/C21H48N4/c22-17-9-1-5-13-21(14-6-2-10-18-23,15-7-3-11-19-24)16-8-4-12-20-25/h1-20,22-25H2. The summed E-state index contributed by atoms with van der Waals surface area (Å²) >= 11 is 0. The third-order valence-electron chi connectivity index (χ3n) is 5.64. The van der Waals surface area contributed by atoms with E-state index in [0.717, 1.165) is 26.2 Å². The lowest BCUT2D eigenvalue weighted by Gasteiger charge is -2.35. The van der Waals surface area contributed by atoms with E-state index >= 15 is 0 Å². The zero-order chi connectivity index (χ0) is 18.6.